The van der Waals surface area contributed by atoms with Crippen molar-refractivity contribution in [2.75, 3.05) is 0 Å². The highest BCUT2D eigenvalue weighted by Crippen LogP contribution is 2.24. The molecule has 1 heteroatoms. The molecule has 2 rings (SSSR count). The van der Waals surface area contributed by atoms with Crippen LogP contribution in [0.3, 0.4) is 0 Å². The van der Waals surface area contributed by atoms with E-state index in [2.05, 4.69) is 36.4 Å². The summed E-state index contributed by atoms with van der Waals surface area (Å²) in [6.07, 6.45) is 1.49. The van der Waals surface area contributed by atoms with Crippen LogP contribution in [0.5, 0.6) is 0 Å². The number of hydrogen-bond donors (Lipinski definition) is 0. The van der Waals surface area contributed by atoms with E-state index in [1.165, 1.54) is 24.1 Å². The third-order valence-electron chi connectivity index (χ3n) is 2.38. The fourth-order valence-electron chi connectivity index (χ4n) is 1.44. The topological polar surface area (TPSA) is 0 Å². The highest BCUT2D eigenvalue weighted by Gasteiger charge is 2.19. The van der Waals surface area contributed by atoms with Gasteiger partial charge < -0.3 is 0 Å². The molecule has 1 aromatic rings. The molecule has 1 saturated heterocycles. The molecule has 0 unspecified atom stereocenters. The largest absolute Gasteiger partial charge is 0.0622 e. The molecule has 11 heavy (non-hydrogen) atoms. The van der Waals surface area contributed by atoms with Crippen LogP contribution in [0.25, 0.3) is 0 Å². The maximum atomic E-state index is 2.53. The zero-order chi connectivity index (χ0) is 7.52. The van der Waals surface area contributed by atoms with Crippen molar-refractivity contribution >= 4 is 8.80 Å². The van der Waals surface area contributed by atoms with Crippen LogP contribution < -0.4 is 0 Å². The smallest absolute Gasteiger partial charge is 0.0453 e. The van der Waals surface area contributed by atoms with Crippen LogP contribution in [0, 0.1) is 6.04 Å². The van der Waals surface area contributed by atoms with Gasteiger partial charge in [-0.3, -0.25) is 0 Å². The Morgan fingerprint density at radius 2 is 1.82 bits per heavy atom. The highest BCUT2D eigenvalue weighted by molar-refractivity contribution is 6.66. The van der Waals surface area contributed by atoms with Crippen molar-refractivity contribution in [2.24, 2.45) is 0 Å². The summed E-state index contributed by atoms with van der Waals surface area (Å²) in [5.74, 6) is 0. The lowest BCUT2D eigenvalue weighted by molar-refractivity contribution is 0.942. The van der Waals surface area contributed by atoms with Crippen LogP contribution in [0.1, 0.15) is 12.0 Å². The Bertz CT molecular complexity index is 214. The SMILES string of the molecule is [CH](c1ccccc1)[SiH]1CCC1. The van der Waals surface area contributed by atoms with Crippen molar-refractivity contribution in [3.05, 3.63) is 41.9 Å². The maximum Gasteiger partial charge on any atom is 0.0453 e. The molecular weight excluding hydrogens is 148 g/mol. The quantitative estimate of drug-likeness (QED) is 0.584. The molecule has 0 aromatic heterocycles. The van der Waals surface area contributed by atoms with E-state index in [-0.39, 0.29) is 8.80 Å². The summed E-state index contributed by atoms with van der Waals surface area (Å²) in [7, 11) is -0.352. The summed E-state index contributed by atoms with van der Waals surface area (Å²) < 4.78 is 0. The molecule has 57 valence electrons. The second-order valence-corrected chi connectivity index (χ2v) is 6.28. The van der Waals surface area contributed by atoms with E-state index >= 15 is 0 Å². The van der Waals surface area contributed by atoms with Gasteiger partial charge in [-0.1, -0.05) is 48.8 Å². The fraction of sp³-hybridized carbons (Fsp3) is 0.300. The van der Waals surface area contributed by atoms with Crippen LogP contribution >= 0.6 is 0 Å². The number of rotatable bonds is 2. The predicted molar refractivity (Wildman–Crippen MR) is 51.2 cm³/mol. The van der Waals surface area contributed by atoms with Crippen molar-refractivity contribution < 1.29 is 0 Å². The minimum atomic E-state index is -0.352. The second kappa shape index (κ2) is 3.22. The molecular formula is C10H13Si. The Kier molecular flexibility index (Phi) is 2.08. The molecule has 0 spiro atoms. The van der Waals surface area contributed by atoms with Crippen molar-refractivity contribution in [3.8, 4) is 0 Å². The molecule has 0 saturated carbocycles. The Labute approximate surface area is 69.9 Å². The third kappa shape index (κ3) is 1.72. The summed E-state index contributed by atoms with van der Waals surface area (Å²) in [5, 5.41) is 0. The fourth-order valence-corrected chi connectivity index (χ4v) is 3.42. The Morgan fingerprint density at radius 1 is 1.09 bits per heavy atom. The summed E-state index contributed by atoms with van der Waals surface area (Å²) >= 11 is 0. The standard InChI is InChI=1S/C10H13Si/c1-2-5-10(6-3-1)9-11-7-4-8-11/h1-3,5-6,9,11H,4,7-8H2. The van der Waals surface area contributed by atoms with Gasteiger partial charge in [-0.05, 0) is 11.6 Å². The minimum absolute atomic E-state index is 0.352. The van der Waals surface area contributed by atoms with Crippen LogP contribution in [0.2, 0.25) is 12.1 Å². The van der Waals surface area contributed by atoms with Gasteiger partial charge in [-0.15, -0.1) is 0 Å². The van der Waals surface area contributed by atoms with Crippen molar-refractivity contribution in [1.82, 2.24) is 0 Å². The van der Waals surface area contributed by atoms with Gasteiger partial charge in [0.05, 0.1) is 0 Å². The predicted octanol–water partition coefficient (Wildman–Crippen LogP) is 2.41. The highest BCUT2D eigenvalue weighted by atomic mass is 28.3. The molecule has 0 bridgehead atoms. The van der Waals surface area contributed by atoms with E-state index in [0.717, 1.165) is 0 Å². The van der Waals surface area contributed by atoms with E-state index in [4.69, 9.17) is 0 Å². The molecule has 1 aliphatic heterocycles. The van der Waals surface area contributed by atoms with Crippen molar-refractivity contribution in [2.45, 2.75) is 18.5 Å². The van der Waals surface area contributed by atoms with E-state index in [9.17, 15) is 0 Å². The first-order chi connectivity index (χ1) is 5.45. The van der Waals surface area contributed by atoms with E-state index in [1.807, 2.05) is 0 Å². The van der Waals surface area contributed by atoms with Gasteiger partial charge in [0.25, 0.3) is 0 Å². The molecule has 0 nitrogen and oxygen atoms in total. The van der Waals surface area contributed by atoms with Crippen LogP contribution in [-0.2, 0) is 0 Å². The molecule has 0 N–H and O–H groups in total. The normalized spacial score (nSPS) is 17.8. The average molecular weight is 161 g/mol. The zero-order valence-corrected chi connectivity index (χ0v) is 7.82. The van der Waals surface area contributed by atoms with Crippen LogP contribution in [0.4, 0.5) is 0 Å². The lowest BCUT2D eigenvalue weighted by Crippen LogP contribution is -2.22. The Hall–Kier alpha value is -0.563. The van der Waals surface area contributed by atoms with E-state index < -0.39 is 0 Å². The van der Waals surface area contributed by atoms with Gasteiger partial charge in [0.15, 0.2) is 0 Å². The molecule has 1 aromatic carbocycles. The van der Waals surface area contributed by atoms with Crippen molar-refractivity contribution in [1.29, 1.82) is 0 Å². The average Bonchev–Trinajstić information content (AvgIpc) is 1.99. The van der Waals surface area contributed by atoms with Gasteiger partial charge >= 0.3 is 0 Å². The maximum absolute atomic E-state index is 2.53. The number of benzene rings is 1. The molecule has 0 amide bonds. The lowest BCUT2D eigenvalue weighted by atomic mass is 10.2. The Morgan fingerprint density at radius 3 is 2.36 bits per heavy atom. The first-order valence-corrected chi connectivity index (χ1v) is 6.65. The molecule has 1 aliphatic rings. The first-order valence-electron chi connectivity index (χ1n) is 4.35. The van der Waals surface area contributed by atoms with Gasteiger partial charge in [-0.2, -0.15) is 0 Å². The molecule has 1 fully saturated rings. The van der Waals surface area contributed by atoms with Crippen LogP contribution in [-0.4, -0.2) is 8.80 Å². The molecule has 1 heterocycles. The summed E-state index contributed by atoms with van der Waals surface area (Å²) in [6.45, 7) is 0. The zero-order valence-electron chi connectivity index (χ0n) is 6.66. The molecule has 0 aliphatic carbocycles. The lowest BCUT2D eigenvalue weighted by Gasteiger charge is -2.23. The Balaban J connectivity index is 1.95. The van der Waals surface area contributed by atoms with Gasteiger partial charge in [0.1, 0.15) is 0 Å². The third-order valence-corrected chi connectivity index (χ3v) is 5.53. The van der Waals surface area contributed by atoms with Gasteiger partial charge in [-0.25, -0.2) is 0 Å². The van der Waals surface area contributed by atoms with E-state index in [1.54, 1.807) is 0 Å². The summed E-state index contributed by atoms with van der Waals surface area (Å²) in [6, 6.07) is 16.4. The second-order valence-electron chi connectivity index (χ2n) is 3.27. The van der Waals surface area contributed by atoms with Crippen molar-refractivity contribution in [3.63, 3.8) is 0 Å². The summed E-state index contributed by atoms with van der Waals surface area (Å²) in [5.41, 5.74) is 1.45. The van der Waals surface area contributed by atoms with E-state index in [0.29, 0.717) is 0 Å². The molecule has 0 atom stereocenters. The summed E-state index contributed by atoms with van der Waals surface area (Å²) in [4.78, 5) is 0. The molecule has 1 radical (unpaired) electrons. The monoisotopic (exact) mass is 161 g/mol. The first kappa shape index (κ1) is 7.11. The van der Waals surface area contributed by atoms with Gasteiger partial charge in [0.2, 0.25) is 0 Å². The van der Waals surface area contributed by atoms with Gasteiger partial charge in [0, 0.05) is 8.80 Å². The number of hydrogen-bond acceptors (Lipinski definition) is 0. The minimum Gasteiger partial charge on any atom is -0.0622 e. The van der Waals surface area contributed by atoms with Crippen LogP contribution in [0.15, 0.2) is 30.3 Å².